The molecule has 1 aliphatic rings. The molecule has 0 saturated carbocycles. The molecule has 4 rings (SSSR count). The van der Waals surface area contributed by atoms with Gasteiger partial charge in [0, 0.05) is 5.69 Å². The molecule has 0 radical (unpaired) electrons. The Morgan fingerprint density at radius 1 is 1.06 bits per heavy atom. The second kappa shape index (κ2) is 8.52. The molecule has 5 nitrogen and oxygen atoms in total. The van der Waals surface area contributed by atoms with Gasteiger partial charge in [-0.3, -0.25) is 14.6 Å². The molecule has 0 atom stereocenters. The van der Waals surface area contributed by atoms with Gasteiger partial charge in [-0.2, -0.15) is 0 Å². The summed E-state index contributed by atoms with van der Waals surface area (Å²) < 4.78 is 13.1. The van der Waals surface area contributed by atoms with Crippen LogP contribution < -0.4 is 10.2 Å². The average Bonchev–Trinajstić information content (AvgIpc) is 2.86. The molecule has 0 aromatic heterocycles. The molecular formula is C25H22FN3O2. The van der Waals surface area contributed by atoms with Crippen LogP contribution in [-0.4, -0.2) is 24.1 Å². The van der Waals surface area contributed by atoms with Gasteiger partial charge in [0.25, 0.3) is 0 Å². The van der Waals surface area contributed by atoms with Crippen LogP contribution in [0.4, 0.5) is 21.5 Å². The average molecular weight is 415 g/mol. The maximum absolute atomic E-state index is 13.2. The molecule has 0 saturated heterocycles. The Hall–Kier alpha value is -3.80. The van der Waals surface area contributed by atoms with Crippen LogP contribution in [0.25, 0.3) is 0 Å². The second-order valence-electron chi connectivity index (χ2n) is 7.58. The summed E-state index contributed by atoms with van der Waals surface area (Å²) in [7, 11) is 0. The van der Waals surface area contributed by atoms with Gasteiger partial charge in [-0.1, -0.05) is 35.9 Å². The zero-order valence-corrected chi connectivity index (χ0v) is 17.4. The number of fused-ring (bicyclic) bond motifs is 1. The van der Waals surface area contributed by atoms with Crippen LogP contribution in [0.5, 0.6) is 0 Å². The Bertz CT molecular complexity index is 1190. The van der Waals surface area contributed by atoms with Gasteiger partial charge < -0.3 is 10.2 Å². The highest BCUT2D eigenvalue weighted by Crippen LogP contribution is 2.33. The Kier molecular flexibility index (Phi) is 5.62. The number of para-hydroxylation sites is 2. The van der Waals surface area contributed by atoms with Crippen LogP contribution in [0, 0.1) is 19.7 Å². The van der Waals surface area contributed by atoms with Crippen molar-refractivity contribution in [2.24, 2.45) is 4.99 Å². The zero-order chi connectivity index (χ0) is 22.0. The molecule has 0 unspecified atom stereocenters. The molecule has 3 aromatic rings. The summed E-state index contributed by atoms with van der Waals surface area (Å²) in [6.45, 7) is 3.86. The van der Waals surface area contributed by atoms with E-state index in [1.54, 1.807) is 6.07 Å². The van der Waals surface area contributed by atoms with Gasteiger partial charge in [-0.25, -0.2) is 4.39 Å². The van der Waals surface area contributed by atoms with Crippen molar-refractivity contribution in [3.8, 4) is 0 Å². The Morgan fingerprint density at radius 3 is 2.55 bits per heavy atom. The van der Waals surface area contributed by atoms with Crippen molar-refractivity contribution in [1.29, 1.82) is 0 Å². The molecule has 1 N–H and O–H groups in total. The lowest BCUT2D eigenvalue weighted by Crippen LogP contribution is -2.38. The maximum Gasteiger partial charge on any atom is 0.244 e. The molecule has 0 fully saturated rings. The number of amides is 2. The first-order chi connectivity index (χ1) is 14.9. The number of nitrogens with zero attached hydrogens (tertiary/aromatic N) is 2. The van der Waals surface area contributed by atoms with Gasteiger partial charge in [-0.05, 0) is 61.4 Å². The zero-order valence-electron chi connectivity index (χ0n) is 17.4. The first kappa shape index (κ1) is 20.5. The minimum Gasteiger partial charge on any atom is -0.325 e. The fraction of sp³-hybridized carbons (Fsp3) is 0.160. The smallest absolute Gasteiger partial charge is 0.244 e. The number of hydrogen-bond donors (Lipinski definition) is 1. The van der Waals surface area contributed by atoms with E-state index in [-0.39, 0.29) is 30.6 Å². The number of nitrogens with one attached hydrogen (secondary N) is 1. The van der Waals surface area contributed by atoms with E-state index >= 15 is 0 Å². The van der Waals surface area contributed by atoms with Gasteiger partial charge in [0.1, 0.15) is 12.4 Å². The fourth-order valence-electron chi connectivity index (χ4n) is 3.69. The molecular weight excluding hydrogens is 393 g/mol. The first-order valence-electron chi connectivity index (χ1n) is 10.0. The number of halogens is 1. The molecule has 1 aliphatic heterocycles. The lowest BCUT2D eigenvalue weighted by Gasteiger charge is -2.22. The summed E-state index contributed by atoms with van der Waals surface area (Å²) in [4.78, 5) is 32.1. The van der Waals surface area contributed by atoms with Crippen molar-refractivity contribution in [1.82, 2.24) is 0 Å². The van der Waals surface area contributed by atoms with Crippen LogP contribution >= 0.6 is 0 Å². The summed E-state index contributed by atoms with van der Waals surface area (Å²) in [6.07, 6.45) is 0.0857. The Balaban J connectivity index is 1.62. The van der Waals surface area contributed by atoms with Gasteiger partial charge in [0.05, 0.1) is 23.5 Å². The number of carbonyl (C=O) groups is 2. The van der Waals surface area contributed by atoms with Crippen molar-refractivity contribution in [3.05, 3.63) is 89.2 Å². The normalized spacial score (nSPS) is 13.3. The molecule has 3 aromatic carbocycles. The number of aliphatic imine (C=N–C) groups is 1. The number of benzene rings is 3. The van der Waals surface area contributed by atoms with E-state index < -0.39 is 0 Å². The van der Waals surface area contributed by atoms with Crippen molar-refractivity contribution >= 4 is 34.6 Å². The number of carbonyl (C=O) groups excluding carboxylic acids is 2. The first-order valence-corrected chi connectivity index (χ1v) is 10.0. The predicted octanol–water partition coefficient (Wildman–Crippen LogP) is 4.94. The number of aryl methyl sites for hydroxylation is 2. The maximum atomic E-state index is 13.2. The standard InChI is InChI=1S/C25H22FN3O2/c1-16-7-12-20(17(2)13-16)22-14-25(31)29(23-6-4-3-5-21(23)28-22)15-24(30)27-19-10-8-18(26)9-11-19/h3-13H,14-15H2,1-2H3,(H,27,30). The summed E-state index contributed by atoms with van der Waals surface area (Å²) in [6, 6.07) is 18.8. The minimum absolute atomic E-state index is 0.0857. The van der Waals surface area contributed by atoms with Crippen molar-refractivity contribution in [2.75, 3.05) is 16.8 Å². The van der Waals surface area contributed by atoms with Crippen LogP contribution in [0.1, 0.15) is 23.1 Å². The van der Waals surface area contributed by atoms with E-state index in [0.717, 1.165) is 16.7 Å². The molecule has 156 valence electrons. The second-order valence-corrected chi connectivity index (χ2v) is 7.58. The Labute approximate surface area is 180 Å². The van der Waals surface area contributed by atoms with Crippen molar-refractivity contribution in [2.45, 2.75) is 20.3 Å². The third-order valence-electron chi connectivity index (χ3n) is 5.17. The van der Waals surface area contributed by atoms with E-state index in [1.165, 1.54) is 29.2 Å². The van der Waals surface area contributed by atoms with Crippen LogP contribution in [0.3, 0.4) is 0 Å². The Morgan fingerprint density at radius 2 is 1.81 bits per heavy atom. The topological polar surface area (TPSA) is 61.8 Å². The highest BCUT2D eigenvalue weighted by atomic mass is 19.1. The lowest BCUT2D eigenvalue weighted by atomic mass is 9.99. The summed E-state index contributed by atoms with van der Waals surface area (Å²) in [5, 5.41) is 2.71. The van der Waals surface area contributed by atoms with E-state index in [1.807, 2.05) is 44.2 Å². The molecule has 1 heterocycles. The molecule has 31 heavy (non-hydrogen) atoms. The highest BCUT2D eigenvalue weighted by molar-refractivity contribution is 6.19. The SMILES string of the molecule is Cc1ccc(C2=Nc3ccccc3N(CC(=O)Nc3ccc(F)cc3)C(=O)C2)c(C)c1. The van der Waals surface area contributed by atoms with Gasteiger partial charge in [0.2, 0.25) is 11.8 Å². The predicted molar refractivity (Wildman–Crippen MR) is 121 cm³/mol. The third kappa shape index (κ3) is 4.53. The summed E-state index contributed by atoms with van der Waals surface area (Å²) in [5.41, 5.74) is 5.48. The lowest BCUT2D eigenvalue weighted by molar-refractivity contribution is -0.120. The van der Waals surface area contributed by atoms with Crippen molar-refractivity contribution < 1.29 is 14.0 Å². The van der Waals surface area contributed by atoms with E-state index in [0.29, 0.717) is 22.8 Å². The quantitative estimate of drug-likeness (QED) is 0.656. The monoisotopic (exact) mass is 415 g/mol. The van der Waals surface area contributed by atoms with Gasteiger partial charge >= 0.3 is 0 Å². The molecule has 0 spiro atoms. The summed E-state index contributed by atoms with van der Waals surface area (Å²) >= 11 is 0. The van der Waals surface area contributed by atoms with Gasteiger partial charge in [-0.15, -0.1) is 0 Å². The molecule has 0 aliphatic carbocycles. The largest absolute Gasteiger partial charge is 0.325 e. The fourth-order valence-corrected chi connectivity index (χ4v) is 3.69. The molecule has 6 heteroatoms. The van der Waals surface area contributed by atoms with E-state index in [2.05, 4.69) is 11.4 Å². The molecule has 2 amide bonds. The minimum atomic E-state index is -0.384. The number of hydrogen-bond acceptors (Lipinski definition) is 3. The van der Waals surface area contributed by atoms with Gasteiger partial charge in [0.15, 0.2) is 0 Å². The van der Waals surface area contributed by atoms with Crippen LogP contribution in [0.2, 0.25) is 0 Å². The third-order valence-corrected chi connectivity index (χ3v) is 5.17. The number of anilines is 2. The molecule has 0 bridgehead atoms. The van der Waals surface area contributed by atoms with E-state index in [4.69, 9.17) is 4.99 Å². The van der Waals surface area contributed by atoms with Crippen LogP contribution in [0.15, 0.2) is 71.7 Å². The number of rotatable bonds is 4. The highest BCUT2D eigenvalue weighted by Gasteiger charge is 2.27. The van der Waals surface area contributed by atoms with Crippen molar-refractivity contribution in [3.63, 3.8) is 0 Å². The van der Waals surface area contributed by atoms with E-state index in [9.17, 15) is 14.0 Å². The van der Waals surface area contributed by atoms with Crippen LogP contribution in [-0.2, 0) is 9.59 Å². The summed E-state index contributed by atoms with van der Waals surface area (Å²) in [5.74, 6) is -0.964.